The van der Waals surface area contributed by atoms with Gasteiger partial charge in [0.1, 0.15) is 0 Å². The SMILES string of the molecule is CCN(C1COCC1C(=O)O)S(=O)(=O)CC1CC1. The molecule has 18 heavy (non-hydrogen) atoms. The summed E-state index contributed by atoms with van der Waals surface area (Å²) in [6.07, 6.45) is 1.92. The van der Waals surface area contributed by atoms with E-state index in [4.69, 9.17) is 9.84 Å². The molecule has 0 spiro atoms. The second-order valence-electron chi connectivity index (χ2n) is 4.97. The van der Waals surface area contributed by atoms with Crippen LogP contribution in [0.5, 0.6) is 0 Å². The van der Waals surface area contributed by atoms with Gasteiger partial charge in [0.15, 0.2) is 0 Å². The molecule has 2 atom stereocenters. The molecule has 2 fully saturated rings. The zero-order valence-corrected chi connectivity index (χ0v) is 11.2. The summed E-state index contributed by atoms with van der Waals surface area (Å²) in [5.74, 6) is -1.34. The van der Waals surface area contributed by atoms with Crippen LogP contribution in [0.3, 0.4) is 0 Å². The Balaban J connectivity index is 2.13. The van der Waals surface area contributed by atoms with Gasteiger partial charge in [0.2, 0.25) is 10.0 Å². The van der Waals surface area contributed by atoms with Crippen LogP contribution in [0.25, 0.3) is 0 Å². The Labute approximate surface area is 107 Å². The number of carbonyl (C=O) groups is 1. The van der Waals surface area contributed by atoms with Crippen molar-refractivity contribution in [1.29, 1.82) is 0 Å². The minimum Gasteiger partial charge on any atom is -0.481 e. The van der Waals surface area contributed by atoms with Crippen LogP contribution >= 0.6 is 0 Å². The van der Waals surface area contributed by atoms with Crippen molar-refractivity contribution < 1.29 is 23.1 Å². The molecule has 1 saturated heterocycles. The first-order valence-electron chi connectivity index (χ1n) is 6.25. The second-order valence-corrected chi connectivity index (χ2v) is 6.94. The summed E-state index contributed by atoms with van der Waals surface area (Å²) in [5, 5.41) is 9.09. The topological polar surface area (TPSA) is 83.9 Å². The quantitative estimate of drug-likeness (QED) is 0.747. The second kappa shape index (κ2) is 5.14. The van der Waals surface area contributed by atoms with Crippen LogP contribution in [0, 0.1) is 11.8 Å². The Morgan fingerprint density at radius 2 is 2.06 bits per heavy atom. The van der Waals surface area contributed by atoms with E-state index in [1.165, 1.54) is 4.31 Å². The molecule has 1 saturated carbocycles. The van der Waals surface area contributed by atoms with Crippen molar-refractivity contribution in [3.63, 3.8) is 0 Å². The first-order valence-corrected chi connectivity index (χ1v) is 7.86. The number of likely N-dealkylation sites (N-methyl/N-ethyl adjacent to an activating group) is 1. The molecular weight excluding hydrogens is 258 g/mol. The average molecular weight is 277 g/mol. The van der Waals surface area contributed by atoms with E-state index in [1.807, 2.05) is 0 Å². The van der Waals surface area contributed by atoms with Gasteiger partial charge in [0, 0.05) is 6.54 Å². The standard InChI is InChI=1S/C11H19NO5S/c1-2-12(18(15,16)7-8-3-4-8)10-6-17-5-9(10)11(13)14/h8-10H,2-7H2,1H3,(H,13,14). The fraction of sp³-hybridized carbons (Fsp3) is 0.909. The van der Waals surface area contributed by atoms with Gasteiger partial charge in [-0.2, -0.15) is 4.31 Å². The van der Waals surface area contributed by atoms with E-state index < -0.39 is 28.0 Å². The monoisotopic (exact) mass is 277 g/mol. The predicted molar refractivity (Wildman–Crippen MR) is 64.6 cm³/mol. The van der Waals surface area contributed by atoms with Crippen LogP contribution in [0.4, 0.5) is 0 Å². The van der Waals surface area contributed by atoms with Gasteiger partial charge in [-0.1, -0.05) is 6.92 Å². The third-order valence-corrected chi connectivity index (χ3v) is 5.69. The number of sulfonamides is 1. The molecule has 2 unspecified atom stereocenters. The van der Waals surface area contributed by atoms with E-state index in [0.29, 0.717) is 6.54 Å². The van der Waals surface area contributed by atoms with Crippen molar-refractivity contribution in [2.75, 3.05) is 25.5 Å². The Morgan fingerprint density at radius 3 is 2.56 bits per heavy atom. The fourth-order valence-corrected chi connectivity index (χ4v) is 4.51. The molecule has 1 aliphatic carbocycles. The molecule has 7 heteroatoms. The van der Waals surface area contributed by atoms with Gasteiger partial charge in [-0.3, -0.25) is 4.79 Å². The number of ether oxygens (including phenoxy) is 1. The first-order chi connectivity index (χ1) is 8.45. The van der Waals surface area contributed by atoms with Crippen LogP contribution in [0.15, 0.2) is 0 Å². The first kappa shape index (κ1) is 13.8. The number of nitrogens with zero attached hydrogens (tertiary/aromatic N) is 1. The number of rotatable bonds is 6. The number of hydrogen-bond donors (Lipinski definition) is 1. The smallest absolute Gasteiger partial charge is 0.310 e. The molecule has 0 amide bonds. The van der Waals surface area contributed by atoms with Gasteiger partial charge in [-0.15, -0.1) is 0 Å². The van der Waals surface area contributed by atoms with E-state index in [1.54, 1.807) is 6.92 Å². The lowest BCUT2D eigenvalue weighted by Crippen LogP contribution is -2.47. The van der Waals surface area contributed by atoms with Crippen LogP contribution in [-0.2, 0) is 19.6 Å². The van der Waals surface area contributed by atoms with Crippen LogP contribution in [0.1, 0.15) is 19.8 Å². The number of carboxylic acids is 1. The summed E-state index contributed by atoms with van der Waals surface area (Å²) in [7, 11) is -3.37. The van der Waals surface area contributed by atoms with Crippen LogP contribution in [0.2, 0.25) is 0 Å². The van der Waals surface area contributed by atoms with Crippen molar-refractivity contribution in [3.05, 3.63) is 0 Å². The Hall–Kier alpha value is -0.660. The molecular formula is C11H19NO5S. The van der Waals surface area contributed by atoms with Gasteiger partial charge in [0.05, 0.1) is 30.9 Å². The largest absolute Gasteiger partial charge is 0.481 e. The highest BCUT2D eigenvalue weighted by Crippen LogP contribution is 2.32. The Bertz CT molecular complexity index is 417. The third-order valence-electron chi connectivity index (χ3n) is 3.55. The molecule has 0 aromatic heterocycles. The number of aliphatic carboxylic acids is 1. The Morgan fingerprint density at radius 1 is 1.39 bits per heavy atom. The zero-order chi connectivity index (χ0) is 13.3. The highest BCUT2D eigenvalue weighted by atomic mass is 32.2. The maximum absolute atomic E-state index is 12.2. The molecule has 2 aliphatic rings. The fourth-order valence-electron chi connectivity index (χ4n) is 2.38. The highest BCUT2D eigenvalue weighted by molar-refractivity contribution is 7.89. The summed E-state index contributed by atoms with van der Waals surface area (Å²) in [4.78, 5) is 11.1. The summed E-state index contributed by atoms with van der Waals surface area (Å²) < 4.78 is 30.9. The Kier molecular flexibility index (Phi) is 3.93. The van der Waals surface area contributed by atoms with E-state index in [-0.39, 0.29) is 24.9 Å². The van der Waals surface area contributed by atoms with E-state index in [0.717, 1.165) is 12.8 Å². The van der Waals surface area contributed by atoms with Crippen molar-refractivity contribution in [2.24, 2.45) is 11.8 Å². The lowest BCUT2D eigenvalue weighted by molar-refractivity contribution is -0.142. The van der Waals surface area contributed by atoms with Gasteiger partial charge in [-0.05, 0) is 18.8 Å². The summed E-state index contributed by atoms with van der Waals surface area (Å²) >= 11 is 0. The van der Waals surface area contributed by atoms with Gasteiger partial charge in [-0.25, -0.2) is 8.42 Å². The normalized spacial score (nSPS) is 28.8. The lowest BCUT2D eigenvalue weighted by atomic mass is 10.0. The van der Waals surface area contributed by atoms with E-state index >= 15 is 0 Å². The highest BCUT2D eigenvalue weighted by Gasteiger charge is 2.43. The molecule has 0 bridgehead atoms. The molecule has 0 aromatic rings. The minimum atomic E-state index is -3.37. The van der Waals surface area contributed by atoms with Gasteiger partial charge in [0.25, 0.3) is 0 Å². The molecule has 0 aromatic carbocycles. The zero-order valence-electron chi connectivity index (χ0n) is 10.4. The molecule has 2 rings (SSSR count). The summed E-state index contributed by atoms with van der Waals surface area (Å²) in [5.41, 5.74) is 0. The maximum Gasteiger partial charge on any atom is 0.310 e. The molecule has 1 aliphatic heterocycles. The minimum absolute atomic E-state index is 0.0927. The van der Waals surface area contributed by atoms with Crippen molar-refractivity contribution in [2.45, 2.75) is 25.8 Å². The average Bonchev–Trinajstić information content (AvgIpc) is 2.94. The molecule has 1 heterocycles. The van der Waals surface area contributed by atoms with Crippen LogP contribution < -0.4 is 0 Å². The summed E-state index contributed by atoms with van der Waals surface area (Å²) in [6.45, 7) is 2.30. The molecule has 104 valence electrons. The summed E-state index contributed by atoms with van der Waals surface area (Å²) in [6, 6.07) is -0.559. The molecule has 6 nitrogen and oxygen atoms in total. The molecule has 1 N–H and O–H groups in total. The predicted octanol–water partition coefficient (Wildman–Crippen LogP) is 0.148. The van der Waals surface area contributed by atoms with Gasteiger partial charge >= 0.3 is 5.97 Å². The lowest BCUT2D eigenvalue weighted by Gasteiger charge is -2.28. The van der Waals surface area contributed by atoms with E-state index in [2.05, 4.69) is 0 Å². The van der Waals surface area contributed by atoms with Gasteiger partial charge < -0.3 is 9.84 Å². The molecule has 0 radical (unpaired) electrons. The maximum atomic E-state index is 12.2. The van der Waals surface area contributed by atoms with Crippen molar-refractivity contribution in [3.8, 4) is 0 Å². The number of hydrogen-bond acceptors (Lipinski definition) is 4. The van der Waals surface area contributed by atoms with Crippen LogP contribution in [-0.4, -0.2) is 55.4 Å². The third kappa shape index (κ3) is 2.84. The number of carboxylic acid groups (broad SMARTS) is 1. The van der Waals surface area contributed by atoms with E-state index in [9.17, 15) is 13.2 Å². The van der Waals surface area contributed by atoms with Crippen molar-refractivity contribution >= 4 is 16.0 Å². The van der Waals surface area contributed by atoms with Crippen molar-refractivity contribution in [1.82, 2.24) is 4.31 Å².